The molecule has 9 nitrogen and oxygen atoms in total. The number of nitrogens with zero attached hydrogens (tertiary/aromatic N) is 5. The van der Waals surface area contributed by atoms with E-state index in [1.807, 2.05) is 54.6 Å². The van der Waals surface area contributed by atoms with Gasteiger partial charge in [-0.05, 0) is 60.7 Å². The monoisotopic (exact) mass is 586 g/mol. The Morgan fingerprint density at radius 2 is 1.85 bits per heavy atom. The van der Waals surface area contributed by atoms with Crippen LogP contribution in [-0.4, -0.2) is 51.4 Å². The molecule has 0 saturated carbocycles. The lowest BCUT2D eigenvalue weighted by Crippen LogP contribution is -2.36. The molecule has 1 aliphatic heterocycles. The molecule has 0 bridgehead atoms. The number of ether oxygens (including phenoxy) is 1. The van der Waals surface area contributed by atoms with Gasteiger partial charge in [0.2, 0.25) is 5.78 Å². The Hall–Kier alpha value is -4.25. The third-order valence-corrected chi connectivity index (χ3v) is 8.04. The summed E-state index contributed by atoms with van der Waals surface area (Å²) in [7, 11) is 0. The van der Waals surface area contributed by atoms with Gasteiger partial charge in [-0.25, -0.2) is 4.68 Å². The zero-order chi connectivity index (χ0) is 28.2. The van der Waals surface area contributed by atoms with Crippen molar-refractivity contribution in [1.82, 2.24) is 19.3 Å². The van der Waals surface area contributed by atoms with Crippen molar-refractivity contribution in [2.45, 2.75) is 13.1 Å². The quantitative estimate of drug-likeness (QED) is 0.246. The summed E-state index contributed by atoms with van der Waals surface area (Å²) in [4.78, 5) is 34.7. The van der Waals surface area contributed by atoms with Gasteiger partial charge in [0.05, 0.1) is 36.3 Å². The normalized spacial score (nSPS) is 13.3. The molecule has 0 aliphatic carbocycles. The lowest BCUT2D eigenvalue weighted by Gasteiger charge is -2.28. The SMILES string of the molecule is O=C(c1ccc(N2CCOCC2)cc1)c1cc(NCc2ccc(Cl)s2)n(-c2cccn(Cc3ccccn3)c2=O)n1. The van der Waals surface area contributed by atoms with Crippen LogP contribution in [0.4, 0.5) is 11.5 Å². The highest BCUT2D eigenvalue weighted by molar-refractivity contribution is 7.16. The Morgan fingerprint density at radius 1 is 1.02 bits per heavy atom. The van der Waals surface area contributed by atoms with E-state index in [1.165, 1.54) is 16.0 Å². The van der Waals surface area contributed by atoms with Crippen LogP contribution in [0.2, 0.25) is 4.34 Å². The van der Waals surface area contributed by atoms with Gasteiger partial charge in [0, 0.05) is 47.7 Å². The molecule has 41 heavy (non-hydrogen) atoms. The van der Waals surface area contributed by atoms with Gasteiger partial charge in [0.15, 0.2) is 0 Å². The predicted octanol–water partition coefficient (Wildman–Crippen LogP) is 4.87. The van der Waals surface area contributed by atoms with Crippen molar-refractivity contribution in [3.05, 3.63) is 122 Å². The highest BCUT2D eigenvalue weighted by Gasteiger charge is 2.20. The predicted molar refractivity (Wildman–Crippen MR) is 161 cm³/mol. The van der Waals surface area contributed by atoms with E-state index in [9.17, 15) is 9.59 Å². The number of rotatable bonds is 9. The van der Waals surface area contributed by atoms with Crippen molar-refractivity contribution < 1.29 is 9.53 Å². The molecule has 1 saturated heterocycles. The minimum absolute atomic E-state index is 0.232. The summed E-state index contributed by atoms with van der Waals surface area (Å²) in [6, 6.07) is 22.1. The van der Waals surface area contributed by atoms with Gasteiger partial charge in [0.1, 0.15) is 17.2 Å². The molecule has 208 valence electrons. The van der Waals surface area contributed by atoms with Gasteiger partial charge in [-0.3, -0.25) is 14.6 Å². The molecule has 4 aromatic heterocycles. The Bertz CT molecular complexity index is 1710. The maximum atomic E-state index is 13.6. The second-order valence-electron chi connectivity index (χ2n) is 9.51. The first-order chi connectivity index (χ1) is 20.0. The standard InChI is InChI=1S/C30H27ClN6O3S/c31-27-11-10-24(41-27)19-33-28-18-25(29(38)21-6-8-23(9-7-21)35-14-16-40-17-15-35)34-37(28)26-5-3-13-36(30(26)39)20-22-4-1-2-12-32-22/h1-13,18,33H,14-17,19-20H2. The zero-order valence-corrected chi connectivity index (χ0v) is 23.6. The second kappa shape index (κ2) is 12.1. The number of halogens is 1. The number of hydrogen-bond donors (Lipinski definition) is 1. The maximum Gasteiger partial charge on any atom is 0.276 e. The number of aromatic nitrogens is 4. The first-order valence-corrected chi connectivity index (χ1v) is 14.4. The Morgan fingerprint density at radius 3 is 2.59 bits per heavy atom. The van der Waals surface area contributed by atoms with E-state index in [2.05, 4.69) is 20.3 Å². The highest BCUT2D eigenvalue weighted by atomic mass is 35.5. The average Bonchev–Trinajstić information content (AvgIpc) is 3.64. The van der Waals surface area contributed by atoms with Gasteiger partial charge in [-0.15, -0.1) is 11.3 Å². The number of nitrogens with one attached hydrogen (secondary N) is 1. The largest absolute Gasteiger partial charge is 0.378 e. The summed E-state index contributed by atoms with van der Waals surface area (Å²) < 4.78 is 9.21. The summed E-state index contributed by atoms with van der Waals surface area (Å²) in [6.07, 6.45) is 3.41. The Balaban J connectivity index is 1.32. The summed E-state index contributed by atoms with van der Waals surface area (Å²) >= 11 is 7.58. The minimum Gasteiger partial charge on any atom is -0.378 e. The molecule has 11 heteroatoms. The van der Waals surface area contributed by atoms with Crippen molar-refractivity contribution >= 4 is 40.2 Å². The molecule has 1 aliphatic rings. The number of ketones is 1. The van der Waals surface area contributed by atoms with Crippen LogP contribution in [0.15, 0.2) is 90.0 Å². The van der Waals surface area contributed by atoms with Crippen molar-refractivity contribution in [2.75, 3.05) is 36.5 Å². The maximum absolute atomic E-state index is 13.6. The van der Waals surface area contributed by atoms with Crippen LogP contribution >= 0.6 is 22.9 Å². The van der Waals surface area contributed by atoms with Crippen LogP contribution < -0.4 is 15.8 Å². The number of carbonyl (C=O) groups excluding carboxylic acids is 1. The molecule has 6 rings (SSSR count). The number of carbonyl (C=O) groups is 1. The average molecular weight is 587 g/mol. The third kappa shape index (κ3) is 6.09. The van der Waals surface area contributed by atoms with Crippen molar-refractivity contribution in [1.29, 1.82) is 0 Å². The molecule has 1 aromatic carbocycles. The summed E-state index contributed by atoms with van der Waals surface area (Å²) in [6.45, 7) is 3.78. The lowest BCUT2D eigenvalue weighted by molar-refractivity contribution is 0.103. The number of morpholine rings is 1. The van der Waals surface area contributed by atoms with E-state index >= 15 is 0 Å². The summed E-state index contributed by atoms with van der Waals surface area (Å²) in [5.41, 5.74) is 2.62. The number of pyridine rings is 2. The van der Waals surface area contributed by atoms with E-state index in [-0.39, 0.29) is 17.0 Å². The molecule has 0 unspecified atom stereocenters. The van der Waals surface area contributed by atoms with Gasteiger partial charge >= 0.3 is 0 Å². The first kappa shape index (κ1) is 26.9. The van der Waals surface area contributed by atoms with E-state index in [4.69, 9.17) is 16.3 Å². The molecule has 5 heterocycles. The molecular formula is C30H27ClN6O3S. The smallest absolute Gasteiger partial charge is 0.276 e. The van der Waals surface area contributed by atoms with Crippen LogP contribution in [0.3, 0.4) is 0 Å². The summed E-state index contributed by atoms with van der Waals surface area (Å²) in [5.74, 6) is 0.291. The fraction of sp³-hybridized carbons (Fsp3) is 0.200. The van der Waals surface area contributed by atoms with Crippen LogP contribution in [0.1, 0.15) is 26.6 Å². The van der Waals surface area contributed by atoms with E-state index < -0.39 is 0 Å². The molecular weight excluding hydrogens is 560 g/mol. The van der Waals surface area contributed by atoms with E-state index in [0.29, 0.717) is 47.7 Å². The molecule has 0 radical (unpaired) electrons. The van der Waals surface area contributed by atoms with Crippen LogP contribution in [0.5, 0.6) is 0 Å². The topological polar surface area (TPSA) is 94.3 Å². The number of anilines is 2. The van der Waals surface area contributed by atoms with Crippen LogP contribution in [-0.2, 0) is 17.8 Å². The molecule has 1 N–H and O–H groups in total. The zero-order valence-electron chi connectivity index (χ0n) is 22.1. The number of thiophene rings is 1. The van der Waals surface area contributed by atoms with Crippen LogP contribution in [0.25, 0.3) is 5.69 Å². The van der Waals surface area contributed by atoms with Gasteiger partial charge < -0.3 is 19.5 Å². The molecule has 0 atom stereocenters. The molecule has 5 aromatic rings. The molecule has 1 fully saturated rings. The summed E-state index contributed by atoms with van der Waals surface area (Å²) in [5, 5.41) is 7.96. The van der Waals surface area contributed by atoms with E-state index in [1.54, 1.807) is 35.2 Å². The molecule has 0 amide bonds. The van der Waals surface area contributed by atoms with E-state index in [0.717, 1.165) is 29.3 Å². The number of hydrogen-bond acceptors (Lipinski definition) is 8. The second-order valence-corrected chi connectivity index (χ2v) is 11.3. The Labute approximate surface area is 245 Å². The Kier molecular flexibility index (Phi) is 7.95. The minimum atomic E-state index is -0.252. The van der Waals surface area contributed by atoms with Crippen LogP contribution in [0, 0.1) is 0 Å². The highest BCUT2D eigenvalue weighted by Crippen LogP contribution is 2.24. The van der Waals surface area contributed by atoms with Crippen molar-refractivity contribution in [2.24, 2.45) is 0 Å². The van der Waals surface area contributed by atoms with Gasteiger partial charge in [-0.1, -0.05) is 17.7 Å². The first-order valence-electron chi connectivity index (χ1n) is 13.2. The lowest BCUT2D eigenvalue weighted by atomic mass is 10.1. The molecule has 0 spiro atoms. The number of benzene rings is 1. The fourth-order valence-electron chi connectivity index (χ4n) is 4.70. The fourth-order valence-corrected chi connectivity index (χ4v) is 5.72. The third-order valence-electron chi connectivity index (χ3n) is 6.81. The van der Waals surface area contributed by atoms with Gasteiger partial charge in [-0.2, -0.15) is 5.10 Å². The van der Waals surface area contributed by atoms with Crippen molar-refractivity contribution in [3.63, 3.8) is 0 Å². The van der Waals surface area contributed by atoms with Crippen molar-refractivity contribution in [3.8, 4) is 5.69 Å². The van der Waals surface area contributed by atoms with Gasteiger partial charge in [0.25, 0.3) is 5.56 Å².